The van der Waals surface area contributed by atoms with Crippen LogP contribution in [0.2, 0.25) is 0 Å². The molecule has 1 aromatic heterocycles. The number of hydrazine groups is 1. The van der Waals surface area contributed by atoms with Crippen molar-refractivity contribution in [1.82, 2.24) is 25.6 Å². The van der Waals surface area contributed by atoms with Crippen LogP contribution < -0.4 is 15.6 Å². The highest BCUT2D eigenvalue weighted by molar-refractivity contribution is 7.99. The molecule has 0 bridgehead atoms. The number of carbonyl (C=O) groups excluding carboxylic acids is 2. The number of amides is 2. The molecular formula is C23H25N5O3S. The summed E-state index contributed by atoms with van der Waals surface area (Å²) in [5.74, 6) is 0.705. The predicted octanol–water partition coefficient (Wildman–Crippen LogP) is 2.86. The maximum Gasteiger partial charge on any atom is 0.276 e. The average Bonchev–Trinajstić information content (AvgIpc) is 3.21. The summed E-state index contributed by atoms with van der Waals surface area (Å²) in [6.45, 7) is 6.05. The van der Waals surface area contributed by atoms with E-state index >= 15 is 0 Å². The summed E-state index contributed by atoms with van der Waals surface area (Å²) in [5, 5.41) is 9.37. The number of hydrogen-bond acceptors (Lipinski definition) is 6. The summed E-state index contributed by atoms with van der Waals surface area (Å²) >= 11 is 1.28. The Morgan fingerprint density at radius 2 is 1.78 bits per heavy atom. The third kappa shape index (κ3) is 4.77. The number of aromatic nitrogens is 3. The van der Waals surface area contributed by atoms with Gasteiger partial charge in [-0.05, 0) is 44.9 Å². The van der Waals surface area contributed by atoms with Crippen molar-refractivity contribution in [3.8, 4) is 17.1 Å². The molecule has 0 aliphatic carbocycles. The number of hydrogen-bond donors (Lipinski definition) is 2. The van der Waals surface area contributed by atoms with E-state index in [0.717, 1.165) is 23.4 Å². The molecule has 0 unspecified atom stereocenters. The third-order valence-corrected chi connectivity index (χ3v) is 6.11. The van der Waals surface area contributed by atoms with Gasteiger partial charge in [-0.3, -0.25) is 25.0 Å². The maximum absolute atomic E-state index is 12.2. The van der Waals surface area contributed by atoms with Crippen molar-refractivity contribution in [2.24, 2.45) is 0 Å². The van der Waals surface area contributed by atoms with Crippen LogP contribution in [0.1, 0.15) is 25.0 Å². The molecule has 8 nitrogen and oxygen atoms in total. The lowest BCUT2D eigenvalue weighted by molar-refractivity contribution is -0.128. The van der Waals surface area contributed by atoms with Crippen LogP contribution in [0.25, 0.3) is 11.4 Å². The second-order valence-electron chi connectivity index (χ2n) is 8.27. The third-order valence-electron chi connectivity index (χ3n) is 5.18. The van der Waals surface area contributed by atoms with Gasteiger partial charge < -0.3 is 4.74 Å². The molecule has 0 radical (unpaired) electrons. The van der Waals surface area contributed by atoms with Crippen LogP contribution in [0.15, 0.2) is 53.7 Å². The first-order chi connectivity index (χ1) is 15.3. The molecule has 1 aliphatic heterocycles. The average molecular weight is 452 g/mol. The quantitative estimate of drug-likeness (QED) is 0.442. The van der Waals surface area contributed by atoms with Gasteiger partial charge in [0.2, 0.25) is 5.91 Å². The van der Waals surface area contributed by atoms with Gasteiger partial charge in [0, 0.05) is 11.1 Å². The molecule has 0 saturated heterocycles. The minimum atomic E-state index is -0.443. The van der Waals surface area contributed by atoms with Gasteiger partial charge in [-0.1, -0.05) is 53.7 Å². The predicted molar refractivity (Wildman–Crippen MR) is 122 cm³/mol. The Kier molecular flexibility index (Phi) is 6.18. The number of rotatable bonds is 6. The zero-order valence-electron chi connectivity index (χ0n) is 18.2. The minimum absolute atomic E-state index is 0.0922. The van der Waals surface area contributed by atoms with E-state index in [9.17, 15) is 9.59 Å². The maximum atomic E-state index is 12.2. The highest BCUT2D eigenvalue weighted by Gasteiger charge is 2.34. The Hall–Kier alpha value is -3.33. The zero-order chi connectivity index (χ0) is 22.7. The summed E-state index contributed by atoms with van der Waals surface area (Å²) in [6.07, 6.45) is 0.852. The Labute approximate surface area is 190 Å². The Balaban J connectivity index is 1.30. The normalized spacial score (nSPS) is 13.6. The first-order valence-electron chi connectivity index (χ1n) is 10.3. The molecular weight excluding hydrogens is 426 g/mol. The van der Waals surface area contributed by atoms with Crippen LogP contribution in [0.3, 0.4) is 0 Å². The lowest BCUT2D eigenvalue weighted by atomic mass is 9.87. The highest BCUT2D eigenvalue weighted by Crippen LogP contribution is 2.39. The Bertz CT molecular complexity index is 1140. The van der Waals surface area contributed by atoms with E-state index in [1.165, 1.54) is 17.3 Å². The van der Waals surface area contributed by atoms with E-state index < -0.39 is 5.91 Å². The number of benzene rings is 2. The number of carbonyl (C=O) groups is 2. The van der Waals surface area contributed by atoms with E-state index in [0.29, 0.717) is 10.9 Å². The van der Waals surface area contributed by atoms with E-state index in [-0.39, 0.29) is 23.8 Å². The lowest BCUT2D eigenvalue weighted by Crippen LogP contribution is -2.44. The monoisotopic (exact) mass is 451 g/mol. The molecule has 1 aliphatic rings. The van der Waals surface area contributed by atoms with Gasteiger partial charge in [0.15, 0.2) is 17.6 Å². The molecule has 2 amide bonds. The molecule has 2 N–H and O–H groups in total. The molecule has 0 spiro atoms. The fourth-order valence-corrected chi connectivity index (χ4v) is 4.54. The SMILES string of the molecule is Cc1ccc(OCC(=O)NNC(=O)CSc2nnc3n2C(C)(C)Cc2ccccc2-3)cc1. The van der Waals surface area contributed by atoms with Crippen molar-refractivity contribution >= 4 is 23.6 Å². The van der Waals surface area contributed by atoms with Crippen LogP contribution in [0.5, 0.6) is 5.75 Å². The first kappa shape index (κ1) is 21.9. The van der Waals surface area contributed by atoms with Gasteiger partial charge >= 0.3 is 0 Å². The van der Waals surface area contributed by atoms with Gasteiger partial charge in [0.1, 0.15) is 5.75 Å². The molecule has 32 heavy (non-hydrogen) atoms. The Morgan fingerprint density at radius 1 is 1.06 bits per heavy atom. The molecule has 2 aromatic carbocycles. The van der Waals surface area contributed by atoms with E-state index in [1.54, 1.807) is 12.1 Å². The molecule has 0 fully saturated rings. The molecule has 3 aromatic rings. The number of thioether (sulfide) groups is 1. The first-order valence-corrected chi connectivity index (χ1v) is 11.3. The smallest absolute Gasteiger partial charge is 0.276 e. The topological polar surface area (TPSA) is 98.1 Å². The van der Waals surface area contributed by atoms with E-state index in [4.69, 9.17) is 4.74 Å². The molecule has 0 atom stereocenters. The Morgan fingerprint density at radius 3 is 2.56 bits per heavy atom. The van der Waals surface area contributed by atoms with Crippen LogP contribution in [-0.2, 0) is 21.5 Å². The summed E-state index contributed by atoms with van der Waals surface area (Å²) in [5.41, 5.74) is 7.97. The fraction of sp³-hybridized carbons (Fsp3) is 0.304. The van der Waals surface area contributed by atoms with Crippen molar-refractivity contribution in [2.75, 3.05) is 12.4 Å². The molecule has 9 heteroatoms. The van der Waals surface area contributed by atoms with Gasteiger partial charge in [-0.2, -0.15) is 0 Å². The minimum Gasteiger partial charge on any atom is -0.484 e. The van der Waals surface area contributed by atoms with Crippen molar-refractivity contribution < 1.29 is 14.3 Å². The summed E-state index contributed by atoms with van der Waals surface area (Å²) in [6, 6.07) is 15.5. The van der Waals surface area contributed by atoms with E-state index in [1.807, 2.05) is 37.3 Å². The van der Waals surface area contributed by atoms with Crippen molar-refractivity contribution in [2.45, 2.75) is 37.9 Å². The molecule has 166 valence electrons. The number of fused-ring (bicyclic) bond motifs is 3. The number of ether oxygens (including phenoxy) is 1. The van der Waals surface area contributed by atoms with Gasteiger partial charge in [-0.25, -0.2) is 0 Å². The number of nitrogens with one attached hydrogen (secondary N) is 2. The van der Waals surface area contributed by atoms with Crippen LogP contribution >= 0.6 is 11.8 Å². The molecule has 0 saturated carbocycles. The van der Waals surface area contributed by atoms with Gasteiger partial charge in [0.25, 0.3) is 5.91 Å². The second-order valence-corrected chi connectivity index (χ2v) is 9.22. The van der Waals surface area contributed by atoms with Crippen molar-refractivity contribution in [1.29, 1.82) is 0 Å². The van der Waals surface area contributed by atoms with E-state index in [2.05, 4.69) is 45.5 Å². The summed E-state index contributed by atoms with van der Waals surface area (Å²) < 4.78 is 7.48. The standard InChI is InChI=1S/C23H25N5O3S/c1-15-8-10-17(11-9-15)31-13-19(29)24-25-20(30)14-32-22-27-26-21-18-7-5-4-6-16(18)12-23(2,3)28(21)22/h4-11H,12-14H2,1-3H3,(H,24,29)(H,25,30). The van der Waals surface area contributed by atoms with Crippen molar-refractivity contribution in [3.05, 3.63) is 59.7 Å². The van der Waals surface area contributed by atoms with Crippen molar-refractivity contribution in [3.63, 3.8) is 0 Å². The van der Waals surface area contributed by atoms with Gasteiger partial charge in [-0.15, -0.1) is 10.2 Å². The fourth-order valence-electron chi connectivity index (χ4n) is 3.65. The zero-order valence-corrected chi connectivity index (χ0v) is 19.0. The molecule has 2 heterocycles. The highest BCUT2D eigenvalue weighted by atomic mass is 32.2. The second kappa shape index (κ2) is 9.04. The van der Waals surface area contributed by atoms with Crippen LogP contribution in [-0.4, -0.2) is 38.9 Å². The van der Waals surface area contributed by atoms with Gasteiger partial charge in [0.05, 0.1) is 5.75 Å². The largest absolute Gasteiger partial charge is 0.484 e. The van der Waals surface area contributed by atoms with Crippen LogP contribution in [0, 0.1) is 6.92 Å². The summed E-state index contributed by atoms with van der Waals surface area (Å²) in [7, 11) is 0. The number of nitrogens with zero attached hydrogens (tertiary/aromatic N) is 3. The van der Waals surface area contributed by atoms with Crippen LogP contribution in [0.4, 0.5) is 0 Å². The number of aryl methyl sites for hydroxylation is 1. The lowest BCUT2D eigenvalue weighted by Gasteiger charge is -2.34. The molecule has 4 rings (SSSR count). The summed E-state index contributed by atoms with van der Waals surface area (Å²) in [4.78, 5) is 24.2.